The summed E-state index contributed by atoms with van der Waals surface area (Å²) in [6, 6.07) is 70.3. The molecule has 53 heavy (non-hydrogen) atoms. The van der Waals surface area contributed by atoms with Crippen molar-refractivity contribution in [2.45, 2.75) is 37.5 Å². The lowest BCUT2D eigenvalue weighted by Gasteiger charge is -2.34. The first-order valence-corrected chi connectivity index (χ1v) is 19.1. The minimum atomic E-state index is -0.464. The molecule has 8 aromatic rings. The number of anilines is 3. The van der Waals surface area contributed by atoms with Crippen molar-refractivity contribution in [2.24, 2.45) is 0 Å². The Morgan fingerprint density at radius 1 is 0.358 bits per heavy atom. The molecule has 0 aliphatic heterocycles. The first kappa shape index (κ1) is 31.5. The molecule has 8 aromatic carbocycles. The molecule has 0 amide bonds. The van der Waals surface area contributed by atoms with Gasteiger partial charge in [-0.3, -0.25) is 0 Å². The smallest absolute Gasteiger partial charge is 0.0713 e. The van der Waals surface area contributed by atoms with Crippen LogP contribution in [0.25, 0.3) is 33.0 Å². The van der Waals surface area contributed by atoms with Crippen molar-refractivity contribution in [3.63, 3.8) is 0 Å². The second-order valence-corrected chi connectivity index (χ2v) is 14.7. The molecule has 0 saturated carbocycles. The molecule has 254 valence electrons. The maximum Gasteiger partial charge on any atom is 0.0713 e. The van der Waals surface area contributed by atoms with Gasteiger partial charge >= 0.3 is 0 Å². The Hall–Kier alpha value is -6.18. The van der Waals surface area contributed by atoms with Gasteiger partial charge in [0, 0.05) is 22.5 Å². The van der Waals surface area contributed by atoms with Crippen molar-refractivity contribution in [1.82, 2.24) is 0 Å². The fourth-order valence-corrected chi connectivity index (χ4v) is 9.92. The van der Waals surface area contributed by atoms with Crippen LogP contribution in [0.2, 0.25) is 0 Å². The summed E-state index contributed by atoms with van der Waals surface area (Å²) in [6.07, 6.45) is 2.12. The number of para-hydroxylation sites is 1. The molecular formula is C52H41N. The molecule has 0 atom stereocenters. The standard InChI is InChI=1S/C52H41N/c1-3-51(4-2)47-27-17-16-26-43(47)44-30-28-42(35-49(44)51)53(40-24-12-7-13-25-40)41-29-31-48-46(34-41)45-32-36-18-14-15-19-37(36)33-50(45)52(48,38-20-8-5-9-21-38)39-22-10-6-11-23-39/h5-35H,3-4H2,1-2H3. The molecule has 1 heteroatoms. The third-order valence-electron chi connectivity index (χ3n) is 12.4. The van der Waals surface area contributed by atoms with E-state index in [1.54, 1.807) is 0 Å². The molecule has 0 bridgehead atoms. The molecule has 0 unspecified atom stereocenters. The topological polar surface area (TPSA) is 3.24 Å². The molecule has 0 heterocycles. The van der Waals surface area contributed by atoms with Gasteiger partial charge in [-0.05, 0) is 128 Å². The van der Waals surface area contributed by atoms with Gasteiger partial charge in [0.05, 0.1) is 5.41 Å². The zero-order chi connectivity index (χ0) is 35.6. The molecule has 0 radical (unpaired) electrons. The van der Waals surface area contributed by atoms with Gasteiger partial charge < -0.3 is 4.90 Å². The van der Waals surface area contributed by atoms with Crippen LogP contribution in [0.5, 0.6) is 0 Å². The van der Waals surface area contributed by atoms with Crippen LogP contribution < -0.4 is 4.90 Å². The van der Waals surface area contributed by atoms with Crippen molar-refractivity contribution < 1.29 is 0 Å². The minimum absolute atomic E-state index is 0.00675. The molecule has 0 spiro atoms. The van der Waals surface area contributed by atoms with Crippen molar-refractivity contribution >= 4 is 27.8 Å². The van der Waals surface area contributed by atoms with Crippen LogP contribution in [-0.4, -0.2) is 0 Å². The van der Waals surface area contributed by atoms with Gasteiger partial charge in [-0.15, -0.1) is 0 Å². The van der Waals surface area contributed by atoms with Gasteiger partial charge in [-0.2, -0.15) is 0 Å². The summed E-state index contributed by atoms with van der Waals surface area (Å²) < 4.78 is 0. The maximum atomic E-state index is 2.49. The van der Waals surface area contributed by atoms with Crippen molar-refractivity contribution in [2.75, 3.05) is 4.90 Å². The largest absolute Gasteiger partial charge is 0.310 e. The Kier molecular flexibility index (Phi) is 7.27. The van der Waals surface area contributed by atoms with Gasteiger partial charge in [-0.25, -0.2) is 0 Å². The van der Waals surface area contributed by atoms with Crippen molar-refractivity contribution in [3.8, 4) is 22.3 Å². The van der Waals surface area contributed by atoms with E-state index in [1.807, 2.05) is 0 Å². The summed E-state index contributed by atoms with van der Waals surface area (Å²) in [7, 11) is 0. The van der Waals surface area contributed by atoms with Crippen molar-refractivity contribution in [1.29, 1.82) is 0 Å². The summed E-state index contributed by atoms with van der Waals surface area (Å²) in [5, 5.41) is 2.52. The molecule has 1 nitrogen and oxygen atoms in total. The second kappa shape index (κ2) is 12.2. The van der Waals surface area contributed by atoms with Crippen LogP contribution >= 0.6 is 0 Å². The lowest BCUT2D eigenvalue weighted by molar-refractivity contribution is 0.490. The van der Waals surface area contributed by atoms with E-state index in [0.717, 1.165) is 24.2 Å². The summed E-state index contributed by atoms with van der Waals surface area (Å²) in [5.74, 6) is 0. The molecule has 0 fully saturated rings. The number of hydrogen-bond acceptors (Lipinski definition) is 1. The third-order valence-corrected chi connectivity index (χ3v) is 12.4. The highest BCUT2D eigenvalue weighted by Gasteiger charge is 2.47. The lowest BCUT2D eigenvalue weighted by Crippen LogP contribution is -2.28. The van der Waals surface area contributed by atoms with E-state index in [1.165, 1.54) is 72.1 Å². The quantitative estimate of drug-likeness (QED) is 0.162. The van der Waals surface area contributed by atoms with Crippen LogP contribution in [0.4, 0.5) is 17.1 Å². The molecule has 0 N–H and O–H groups in total. The minimum Gasteiger partial charge on any atom is -0.310 e. The van der Waals surface area contributed by atoms with Crippen LogP contribution in [0, 0.1) is 0 Å². The highest BCUT2D eigenvalue weighted by molar-refractivity contribution is 5.97. The maximum absolute atomic E-state index is 2.49. The van der Waals surface area contributed by atoms with Crippen LogP contribution in [0.1, 0.15) is 60.1 Å². The zero-order valence-electron chi connectivity index (χ0n) is 30.3. The number of rotatable bonds is 7. The third kappa shape index (κ3) is 4.50. The first-order valence-electron chi connectivity index (χ1n) is 19.1. The van der Waals surface area contributed by atoms with E-state index in [9.17, 15) is 0 Å². The molecule has 0 saturated heterocycles. The van der Waals surface area contributed by atoms with E-state index >= 15 is 0 Å². The SMILES string of the molecule is CCC1(CC)c2ccccc2-c2ccc(N(c3ccccc3)c3ccc4c(c3)-c3cc5ccccc5cc3C4(c3ccccc3)c3ccccc3)cc21. The fraction of sp³-hybridized carbons (Fsp3) is 0.115. The predicted molar refractivity (Wildman–Crippen MR) is 223 cm³/mol. The van der Waals surface area contributed by atoms with Gasteiger partial charge in [0.2, 0.25) is 0 Å². The number of benzene rings is 8. The van der Waals surface area contributed by atoms with E-state index in [-0.39, 0.29) is 5.41 Å². The van der Waals surface area contributed by atoms with Gasteiger partial charge in [0.1, 0.15) is 0 Å². The first-order chi connectivity index (χ1) is 26.2. The Labute approximate surface area is 312 Å². The number of fused-ring (bicyclic) bond motifs is 7. The second-order valence-electron chi connectivity index (χ2n) is 14.7. The highest BCUT2D eigenvalue weighted by atomic mass is 15.1. The Balaban J connectivity index is 1.24. The Morgan fingerprint density at radius 2 is 0.887 bits per heavy atom. The summed E-state index contributed by atoms with van der Waals surface area (Å²) in [5.41, 5.74) is 16.4. The molecule has 2 aliphatic rings. The summed E-state index contributed by atoms with van der Waals surface area (Å²) >= 11 is 0. The predicted octanol–water partition coefficient (Wildman–Crippen LogP) is 13.8. The average Bonchev–Trinajstić information content (AvgIpc) is 3.67. The lowest BCUT2D eigenvalue weighted by atomic mass is 9.67. The fourth-order valence-electron chi connectivity index (χ4n) is 9.92. The number of hydrogen-bond donors (Lipinski definition) is 0. The average molecular weight is 680 g/mol. The van der Waals surface area contributed by atoms with E-state index in [0.29, 0.717) is 0 Å². The van der Waals surface area contributed by atoms with E-state index in [2.05, 4.69) is 207 Å². The van der Waals surface area contributed by atoms with E-state index < -0.39 is 5.41 Å². The molecule has 2 aliphatic carbocycles. The zero-order valence-corrected chi connectivity index (χ0v) is 30.3. The Morgan fingerprint density at radius 3 is 1.57 bits per heavy atom. The number of nitrogens with zero attached hydrogens (tertiary/aromatic N) is 1. The summed E-state index contributed by atoms with van der Waals surface area (Å²) in [6.45, 7) is 4.70. The molecular weight excluding hydrogens is 639 g/mol. The van der Waals surface area contributed by atoms with Gasteiger partial charge in [-0.1, -0.05) is 153 Å². The van der Waals surface area contributed by atoms with Crippen LogP contribution in [0.15, 0.2) is 188 Å². The Bertz CT molecular complexity index is 2590. The van der Waals surface area contributed by atoms with Crippen molar-refractivity contribution in [3.05, 3.63) is 221 Å². The van der Waals surface area contributed by atoms with Gasteiger partial charge in [0.15, 0.2) is 0 Å². The van der Waals surface area contributed by atoms with Gasteiger partial charge in [0.25, 0.3) is 0 Å². The van der Waals surface area contributed by atoms with Crippen LogP contribution in [0.3, 0.4) is 0 Å². The van der Waals surface area contributed by atoms with E-state index in [4.69, 9.17) is 0 Å². The highest BCUT2D eigenvalue weighted by Crippen LogP contribution is 2.59. The van der Waals surface area contributed by atoms with Crippen LogP contribution in [-0.2, 0) is 10.8 Å². The normalized spacial score (nSPS) is 14.3. The molecule has 0 aromatic heterocycles. The molecule has 10 rings (SSSR count). The summed E-state index contributed by atoms with van der Waals surface area (Å²) in [4.78, 5) is 2.46. The monoisotopic (exact) mass is 679 g/mol.